The average molecular weight is 347 g/mol. The van der Waals surface area contributed by atoms with Crippen molar-refractivity contribution in [2.75, 3.05) is 0 Å². The molecule has 0 radical (unpaired) electrons. The van der Waals surface area contributed by atoms with Crippen LogP contribution in [0, 0.1) is 16.0 Å². The predicted octanol–water partition coefficient (Wildman–Crippen LogP) is 4.03. The smallest absolute Gasteiger partial charge is 0.270 e. The fourth-order valence-electron chi connectivity index (χ4n) is 3.24. The van der Waals surface area contributed by atoms with Gasteiger partial charge in [-0.3, -0.25) is 14.9 Å². The maximum atomic E-state index is 12.5. The Labute approximate surface area is 144 Å². The standard InChI is InChI=1S/C17H21N3O3S/c1-2-10-19-14-9-8-13(20(22)23)11-15(14)24-17(19)18-16(21)12-6-4-3-5-7-12/h8-9,11-12H,2-7,10H2,1H3. The third-order valence-electron chi connectivity index (χ3n) is 4.48. The van der Waals surface area contributed by atoms with Crippen LogP contribution in [-0.2, 0) is 11.3 Å². The molecule has 0 saturated heterocycles. The number of amides is 1. The lowest BCUT2D eigenvalue weighted by atomic mass is 9.89. The summed E-state index contributed by atoms with van der Waals surface area (Å²) in [5.74, 6) is -0.00557. The third kappa shape index (κ3) is 3.40. The van der Waals surface area contributed by atoms with Gasteiger partial charge in [-0.25, -0.2) is 0 Å². The van der Waals surface area contributed by atoms with Crippen LogP contribution in [0.1, 0.15) is 45.4 Å². The summed E-state index contributed by atoms with van der Waals surface area (Å²) in [7, 11) is 0. The van der Waals surface area contributed by atoms with Crippen LogP contribution in [0.25, 0.3) is 10.2 Å². The van der Waals surface area contributed by atoms with Gasteiger partial charge in [0.25, 0.3) is 11.6 Å². The minimum atomic E-state index is -0.396. The van der Waals surface area contributed by atoms with E-state index in [1.807, 2.05) is 4.57 Å². The number of carbonyl (C=O) groups is 1. The highest BCUT2D eigenvalue weighted by atomic mass is 32.1. The van der Waals surface area contributed by atoms with Crippen molar-refractivity contribution in [2.24, 2.45) is 10.9 Å². The molecule has 1 amide bonds. The Morgan fingerprint density at radius 2 is 2.12 bits per heavy atom. The van der Waals surface area contributed by atoms with Crippen molar-refractivity contribution in [1.82, 2.24) is 4.57 Å². The number of thiazole rings is 1. The molecule has 1 aliphatic rings. The molecule has 0 bridgehead atoms. The normalized spacial score (nSPS) is 16.6. The molecule has 0 aliphatic heterocycles. The van der Waals surface area contributed by atoms with Gasteiger partial charge in [-0.1, -0.05) is 37.5 Å². The second-order valence-corrected chi connectivity index (χ2v) is 7.24. The summed E-state index contributed by atoms with van der Waals surface area (Å²) >= 11 is 1.36. The first-order chi connectivity index (χ1) is 11.6. The van der Waals surface area contributed by atoms with E-state index in [4.69, 9.17) is 0 Å². The Morgan fingerprint density at radius 3 is 2.79 bits per heavy atom. The van der Waals surface area contributed by atoms with Crippen LogP contribution in [0.15, 0.2) is 23.2 Å². The highest BCUT2D eigenvalue weighted by Crippen LogP contribution is 2.26. The number of nitro benzene ring substituents is 1. The lowest BCUT2D eigenvalue weighted by Gasteiger charge is -2.17. The van der Waals surface area contributed by atoms with E-state index in [9.17, 15) is 14.9 Å². The van der Waals surface area contributed by atoms with E-state index in [0.29, 0.717) is 4.80 Å². The zero-order valence-electron chi connectivity index (χ0n) is 13.7. The largest absolute Gasteiger partial charge is 0.316 e. The van der Waals surface area contributed by atoms with Gasteiger partial charge in [-0.05, 0) is 25.3 Å². The average Bonchev–Trinajstić information content (AvgIpc) is 2.92. The van der Waals surface area contributed by atoms with Gasteiger partial charge in [-0.2, -0.15) is 4.99 Å². The van der Waals surface area contributed by atoms with Crippen molar-refractivity contribution in [3.05, 3.63) is 33.1 Å². The van der Waals surface area contributed by atoms with Crippen molar-refractivity contribution in [3.8, 4) is 0 Å². The maximum Gasteiger partial charge on any atom is 0.270 e. The number of aryl methyl sites for hydroxylation is 1. The molecule has 1 fully saturated rings. The number of carbonyl (C=O) groups excluding carboxylic acids is 1. The lowest BCUT2D eigenvalue weighted by Crippen LogP contribution is -2.22. The van der Waals surface area contributed by atoms with Gasteiger partial charge in [0, 0.05) is 24.6 Å². The summed E-state index contributed by atoms with van der Waals surface area (Å²) < 4.78 is 2.80. The number of rotatable bonds is 4. The third-order valence-corrected chi connectivity index (χ3v) is 5.53. The molecule has 3 rings (SSSR count). The van der Waals surface area contributed by atoms with Crippen LogP contribution in [-0.4, -0.2) is 15.4 Å². The molecule has 1 aromatic heterocycles. The summed E-state index contributed by atoms with van der Waals surface area (Å²) in [6.45, 7) is 2.81. The van der Waals surface area contributed by atoms with E-state index >= 15 is 0 Å². The van der Waals surface area contributed by atoms with E-state index in [-0.39, 0.29) is 17.5 Å². The molecule has 2 aromatic rings. The highest BCUT2D eigenvalue weighted by Gasteiger charge is 2.21. The molecule has 6 nitrogen and oxygen atoms in total. The first-order valence-electron chi connectivity index (χ1n) is 8.46. The van der Waals surface area contributed by atoms with Crippen molar-refractivity contribution in [1.29, 1.82) is 0 Å². The van der Waals surface area contributed by atoms with E-state index in [1.54, 1.807) is 12.1 Å². The zero-order chi connectivity index (χ0) is 17.1. The van der Waals surface area contributed by atoms with Crippen LogP contribution in [0.2, 0.25) is 0 Å². The molecular formula is C17H21N3O3S. The fraction of sp³-hybridized carbons (Fsp3) is 0.529. The van der Waals surface area contributed by atoms with Crippen molar-refractivity contribution >= 4 is 33.1 Å². The summed E-state index contributed by atoms with van der Waals surface area (Å²) in [6.07, 6.45) is 6.15. The Kier molecular flexibility index (Phi) is 5.08. The minimum Gasteiger partial charge on any atom is -0.316 e. The number of nitro groups is 1. The molecule has 128 valence electrons. The number of hydrogen-bond donors (Lipinski definition) is 0. The molecule has 1 saturated carbocycles. The number of non-ortho nitro benzene ring substituents is 1. The van der Waals surface area contributed by atoms with Crippen LogP contribution in [0.4, 0.5) is 5.69 Å². The van der Waals surface area contributed by atoms with Gasteiger partial charge in [0.1, 0.15) is 0 Å². The van der Waals surface area contributed by atoms with E-state index < -0.39 is 4.92 Å². The topological polar surface area (TPSA) is 77.5 Å². The van der Waals surface area contributed by atoms with Crippen LogP contribution in [0.5, 0.6) is 0 Å². The van der Waals surface area contributed by atoms with Gasteiger partial charge in [0.05, 0.1) is 15.1 Å². The second-order valence-electron chi connectivity index (χ2n) is 6.23. The van der Waals surface area contributed by atoms with Gasteiger partial charge in [0.15, 0.2) is 4.80 Å². The molecule has 0 spiro atoms. The molecule has 1 aliphatic carbocycles. The highest BCUT2D eigenvalue weighted by molar-refractivity contribution is 7.16. The SMILES string of the molecule is CCCn1c(=NC(=O)C2CCCCC2)sc2cc([N+](=O)[O-])ccc21. The van der Waals surface area contributed by atoms with Gasteiger partial charge < -0.3 is 4.57 Å². The first kappa shape index (κ1) is 16.8. The maximum absolute atomic E-state index is 12.5. The molecule has 1 aromatic carbocycles. The molecule has 1 heterocycles. The minimum absolute atomic E-state index is 0.0355. The van der Waals surface area contributed by atoms with Crippen molar-refractivity contribution in [3.63, 3.8) is 0 Å². The molecule has 0 N–H and O–H groups in total. The number of aromatic nitrogens is 1. The van der Waals surface area contributed by atoms with E-state index in [0.717, 1.165) is 48.9 Å². The molecule has 7 heteroatoms. The van der Waals surface area contributed by atoms with E-state index in [2.05, 4.69) is 11.9 Å². The summed E-state index contributed by atoms with van der Waals surface area (Å²) in [5, 5.41) is 11.0. The van der Waals surface area contributed by atoms with Crippen molar-refractivity contribution < 1.29 is 9.72 Å². The monoisotopic (exact) mass is 347 g/mol. The lowest BCUT2D eigenvalue weighted by molar-refractivity contribution is -0.384. The predicted molar refractivity (Wildman–Crippen MR) is 93.9 cm³/mol. The van der Waals surface area contributed by atoms with Crippen molar-refractivity contribution in [2.45, 2.75) is 52.0 Å². The molecule has 24 heavy (non-hydrogen) atoms. The molecule has 0 unspecified atom stereocenters. The molecular weight excluding hydrogens is 326 g/mol. The summed E-state index contributed by atoms with van der Waals surface area (Å²) in [6, 6.07) is 4.83. The van der Waals surface area contributed by atoms with E-state index in [1.165, 1.54) is 23.8 Å². The van der Waals surface area contributed by atoms with Crippen LogP contribution < -0.4 is 4.80 Å². The summed E-state index contributed by atoms with van der Waals surface area (Å²) in [4.78, 5) is 28.1. The number of nitrogens with zero attached hydrogens (tertiary/aromatic N) is 3. The second kappa shape index (κ2) is 7.25. The fourth-order valence-corrected chi connectivity index (χ4v) is 4.33. The number of hydrogen-bond acceptors (Lipinski definition) is 4. The van der Waals surface area contributed by atoms with Crippen LogP contribution in [0.3, 0.4) is 0 Å². The Morgan fingerprint density at radius 1 is 1.38 bits per heavy atom. The van der Waals surface area contributed by atoms with Crippen LogP contribution >= 0.6 is 11.3 Å². The Hall–Kier alpha value is -2.02. The number of benzene rings is 1. The first-order valence-corrected chi connectivity index (χ1v) is 9.28. The molecule has 0 atom stereocenters. The summed E-state index contributed by atoms with van der Waals surface area (Å²) in [5.41, 5.74) is 0.972. The zero-order valence-corrected chi connectivity index (χ0v) is 14.6. The van der Waals surface area contributed by atoms with Gasteiger partial charge in [0.2, 0.25) is 0 Å². The van der Waals surface area contributed by atoms with Gasteiger partial charge >= 0.3 is 0 Å². The Balaban J connectivity index is 2.04. The quantitative estimate of drug-likeness (QED) is 0.619. The Bertz CT molecular complexity index is 831. The van der Waals surface area contributed by atoms with Gasteiger partial charge in [-0.15, -0.1) is 0 Å². The number of fused-ring (bicyclic) bond motifs is 1.